The third-order valence-corrected chi connectivity index (χ3v) is 4.69. The van der Waals surface area contributed by atoms with Gasteiger partial charge in [-0.1, -0.05) is 42.5 Å². The van der Waals surface area contributed by atoms with Crippen LogP contribution in [0.25, 0.3) is 0 Å². The molecule has 0 radical (unpaired) electrons. The molecule has 1 atom stereocenters. The van der Waals surface area contributed by atoms with Gasteiger partial charge in [-0.15, -0.1) is 0 Å². The summed E-state index contributed by atoms with van der Waals surface area (Å²) in [4.78, 5) is 13.3. The number of rotatable bonds is 7. The fraction of sp³-hybridized carbons (Fsp3) is 0.208. The minimum absolute atomic E-state index is 0.191. The molecular formula is C24H24N2O4. The number of amides is 1. The average Bonchev–Trinajstić information content (AvgIpc) is 2.79. The highest BCUT2D eigenvalue weighted by Crippen LogP contribution is 2.34. The van der Waals surface area contributed by atoms with Crippen molar-refractivity contribution in [3.63, 3.8) is 0 Å². The number of fused-ring (bicyclic) bond motifs is 1. The standard InChI is InChI=1S/C24H24N2O4/c1-2-28-20-11-7-6-10-19(20)26-24(27)23(17-8-4-3-5-9-17)25-18-12-13-21-22(16-18)30-15-14-29-21/h3-13,16,23,25H,2,14-15H2,1H3,(H,26,27)/t23-/m1/s1. The van der Waals surface area contributed by atoms with E-state index in [1.807, 2.05) is 79.7 Å². The van der Waals surface area contributed by atoms with Crippen molar-refractivity contribution in [2.75, 3.05) is 30.5 Å². The first-order chi connectivity index (χ1) is 14.7. The number of carbonyl (C=O) groups is 1. The van der Waals surface area contributed by atoms with Gasteiger partial charge in [0.2, 0.25) is 0 Å². The molecule has 0 saturated heterocycles. The molecule has 1 heterocycles. The van der Waals surface area contributed by atoms with Gasteiger partial charge in [0.15, 0.2) is 11.5 Å². The predicted octanol–water partition coefficient (Wildman–Crippen LogP) is 4.65. The summed E-state index contributed by atoms with van der Waals surface area (Å²) in [5.41, 5.74) is 2.24. The number of anilines is 2. The van der Waals surface area contributed by atoms with Crippen molar-refractivity contribution in [2.45, 2.75) is 13.0 Å². The van der Waals surface area contributed by atoms with Gasteiger partial charge in [-0.25, -0.2) is 0 Å². The lowest BCUT2D eigenvalue weighted by Gasteiger charge is -2.23. The molecule has 0 aliphatic carbocycles. The van der Waals surface area contributed by atoms with Gasteiger partial charge >= 0.3 is 0 Å². The summed E-state index contributed by atoms with van der Waals surface area (Å²) in [6.07, 6.45) is 0. The Balaban J connectivity index is 1.60. The van der Waals surface area contributed by atoms with E-state index < -0.39 is 6.04 Å². The number of carbonyl (C=O) groups excluding carboxylic acids is 1. The minimum Gasteiger partial charge on any atom is -0.492 e. The van der Waals surface area contributed by atoms with Crippen LogP contribution in [0.5, 0.6) is 17.2 Å². The maximum absolute atomic E-state index is 13.3. The van der Waals surface area contributed by atoms with E-state index in [-0.39, 0.29) is 5.91 Å². The first kappa shape index (κ1) is 19.6. The van der Waals surface area contributed by atoms with Crippen molar-refractivity contribution in [2.24, 2.45) is 0 Å². The number of ether oxygens (including phenoxy) is 3. The van der Waals surface area contributed by atoms with Crippen molar-refractivity contribution in [3.8, 4) is 17.2 Å². The zero-order valence-electron chi connectivity index (χ0n) is 16.8. The molecule has 0 bridgehead atoms. The topological polar surface area (TPSA) is 68.8 Å². The second-order valence-corrected chi connectivity index (χ2v) is 6.76. The Labute approximate surface area is 175 Å². The number of nitrogens with one attached hydrogen (secondary N) is 2. The van der Waals surface area contributed by atoms with E-state index in [0.29, 0.717) is 42.8 Å². The van der Waals surface area contributed by atoms with Gasteiger partial charge < -0.3 is 24.8 Å². The molecule has 4 rings (SSSR count). The van der Waals surface area contributed by atoms with Gasteiger partial charge in [0.05, 0.1) is 12.3 Å². The molecule has 154 valence electrons. The largest absolute Gasteiger partial charge is 0.492 e. The number of benzene rings is 3. The molecule has 0 unspecified atom stereocenters. The number of hydrogen-bond donors (Lipinski definition) is 2. The van der Waals surface area contributed by atoms with Crippen LogP contribution in [0, 0.1) is 0 Å². The highest BCUT2D eigenvalue weighted by atomic mass is 16.6. The minimum atomic E-state index is -0.608. The van der Waals surface area contributed by atoms with Crippen LogP contribution in [-0.2, 0) is 4.79 Å². The molecule has 0 aromatic heterocycles. The van der Waals surface area contributed by atoms with Crippen LogP contribution < -0.4 is 24.8 Å². The van der Waals surface area contributed by atoms with Gasteiger partial charge in [0, 0.05) is 11.8 Å². The molecule has 0 saturated carbocycles. The van der Waals surface area contributed by atoms with Crippen molar-refractivity contribution in [1.82, 2.24) is 0 Å². The molecule has 6 heteroatoms. The maximum Gasteiger partial charge on any atom is 0.251 e. The Hall–Kier alpha value is -3.67. The Morgan fingerprint density at radius 1 is 0.967 bits per heavy atom. The van der Waals surface area contributed by atoms with E-state index >= 15 is 0 Å². The van der Waals surface area contributed by atoms with Crippen LogP contribution in [0.3, 0.4) is 0 Å². The van der Waals surface area contributed by atoms with E-state index in [0.717, 1.165) is 11.3 Å². The van der Waals surface area contributed by atoms with Crippen molar-refractivity contribution in [1.29, 1.82) is 0 Å². The van der Waals surface area contributed by atoms with Gasteiger partial charge in [-0.2, -0.15) is 0 Å². The molecule has 3 aromatic rings. The van der Waals surface area contributed by atoms with Crippen LogP contribution in [0.15, 0.2) is 72.8 Å². The van der Waals surface area contributed by atoms with Crippen LogP contribution in [0.1, 0.15) is 18.5 Å². The second kappa shape index (κ2) is 9.22. The average molecular weight is 404 g/mol. The van der Waals surface area contributed by atoms with Gasteiger partial charge in [-0.3, -0.25) is 4.79 Å². The van der Waals surface area contributed by atoms with E-state index in [2.05, 4.69) is 10.6 Å². The number of para-hydroxylation sites is 2. The molecule has 1 amide bonds. The van der Waals surface area contributed by atoms with Gasteiger partial charge in [-0.05, 0) is 36.8 Å². The van der Waals surface area contributed by atoms with Crippen molar-refractivity contribution >= 4 is 17.3 Å². The van der Waals surface area contributed by atoms with Crippen molar-refractivity contribution in [3.05, 3.63) is 78.4 Å². The van der Waals surface area contributed by atoms with E-state index in [1.165, 1.54) is 0 Å². The third kappa shape index (κ3) is 4.49. The second-order valence-electron chi connectivity index (χ2n) is 6.76. The highest BCUT2D eigenvalue weighted by molar-refractivity contribution is 5.98. The summed E-state index contributed by atoms with van der Waals surface area (Å²) >= 11 is 0. The first-order valence-corrected chi connectivity index (χ1v) is 9.98. The number of hydrogen-bond acceptors (Lipinski definition) is 5. The highest BCUT2D eigenvalue weighted by Gasteiger charge is 2.23. The zero-order chi connectivity index (χ0) is 20.8. The Kier molecular flexibility index (Phi) is 6.03. The zero-order valence-corrected chi connectivity index (χ0v) is 16.8. The van der Waals surface area contributed by atoms with Crippen LogP contribution >= 0.6 is 0 Å². The van der Waals surface area contributed by atoms with Gasteiger partial charge in [0.1, 0.15) is 25.0 Å². The summed E-state index contributed by atoms with van der Waals surface area (Å²) in [7, 11) is 0. The van der Waals surface area contributed by atoms with E-state index in [1.54, 1.807) is 0 Å². The molecule has 3 aromatic carbocycles. The molecule has 6 nitrogen and oxygen atoms in total. The third-order valence-electron chi connectivity index (χ3n) is 4.69. The predicted molar refractivity (Wildman–Crippen MR) is 116 cm³/mol. The summed E-state index contributed by atoms with van der Waals surface area (Å²) < 4.78 is 16.9. The fourth-order valence-corrected chi connectivity index (χ4v) is 3.30. The van der Waals surface area contributed by atoms with Crippen LogP contribution in [0.2, 0.25) is 0 Å². The normalized spacial score (nSPS) is 13.2. The summed E-state index contributed by atoms with van der Waals surface area (Å²) in [6.45, 7) is 3.47. The monoisotopic (exact) mass is 404 g/mol. The Bertz CT molecular complexity index is 1010. The summed E-state index contributed by atoms with van der Waals surface area (Å²) in [5, 5.41) is 6.32. The smallest absolute Gasteiger partial charge is 0.251 e. The molecule has 30 heavy (non-hydrogen) atoms. The maximum atomic E-state index is 13.3. The SMILES string of the molecule is CCOc1ccccc1NC(=O)[C@H](Nc1ccc2c(c1)OCCO2)c1ccccc1. The quantitative estimate of drug-likeness (QED) is 0.600. The molecule has 1 aliphatic rings. The van der Waals surface area contributed by atoms with E-state index in [9.17, 15) is 4.79 Å². The molecule has 2 N–H and O–H groups in total. The van der Waals surface area contributed by atoms with E-state index in [4.69, 9.17) is 14.2 Å². The van der Waals surface area contributed by atoms with Gasteiger partial charge in [0.25, 0.3) is 5.91 Å². The lowest BCUT2D eigenvalue weighted by molar-refractivity contribution is -0.117. The summed E-state index contributed by atoms with van der Waals surface area (Å²) in [5.74, 6) is 1.82. The molecule has 1 aliphatic heterocycles. The lowest BCUT2D eigenvalue weighted by atomic mass is 10.1. The Morgan fingerprint density at radius 2 is 1.70 bits per heavy atom. The summed E-state index contributed by atoms with van der Waals surface area (Å²) in [6, 6.07) is 22.0. The Morgan fingerprint density at radius 3 is 2.50 bits per heavy atom. The van der Waals surface area contributed by atoms with Crippen LogP contribution in [-0.4, -0.2) is 25.7 Å². The van der Waals surface area contributed by atoms with Crippen LogP contribution in [0.4, 0.5) is 11.4 Å². The molecular weight excluding hydrogens is 380 g/mol. The van der Waals surface area contributed by atoms with Crippen molar-refractivity contribution < 1.29 is 19.0 Å². The fourth-order valence-electron chi connectivity index (χ4n) is 3.30. The lowest BCUT2D eigenvalue weighted by Crippen LogP contribution is -2.27. The first-order valence-electron chi connectivity index (χ1n) is 9.98. The molecule has 0 fully saturated rings. The molecule has 0 spiro atoms.